The van der Waals surface area contributed by atoms with Gasteiger partial charge in [0.2, 0.25) is 17.6 Å². The van der Waals surface area contributed by atoms with Crippen molar-refractivity contribution in [1.29, 1.82) is 0 Å². The summed E-state index contributed by atoms with van der Waals surface area (Å²) in [5.41, 5.74) is 3.79. The number of hydrogen-bond acceptors (Lipinski definition) is 8. The van der Waals surface area contributed by atoms with Crippen LogP contribution in [0.5, 0.6) is 0 Å². The second-order valence-corrected chi connectivity index (χ2v) is 16.0. The number of nitrogens with zero attached hydrogens (tertiary/aromatic N) is 1. The molecule has 5 N–H and O–H groups in total. The van der Waals surface area contributed by atoms with Gasteiger partial charge >= 0.3 is 12.2 Å². The Morgan fingerprint density at radius 3 is 2.06 bits per heavy atom. The quantitative estimate of drug-likeness (QED) is 0.158. The van der Waals surface area contributed by atoms with E-state index in [0.717, 1.165) is 38.5 Å². The monoisotopic (exact) mass is 677 g/mol. The van der Waals surface area contributed by atoms with Gasteiger partial charge in [-0.05, 0) is 54.8 Å². The standard InChI is InChI=1S/C35H59N5O8/c1-21(2)19-47-33(46)48-20-35(15-9-8-10-16-35)39-32(45)38-28(34(5,6)7)31(44)40-17-14-24(22(3)4)26(40)30(43)37-25(27(41)29(36)42)18-23-12-11-13-23/h21-26,28H,8-20H2,1-7H3,(H2,36,42)(H,37,43)(H2,38,39,45)/t24?,25?,26-,28+/m0/s1. The summed E-state index contributed by atoms with van der Waals surface area (Å²) in [7, 11) is 0. The average Bonchev–Trinajstić information content (AvgIpc) is 3.44. The summed E-state index contributed by atoms with van der Waals surface area (Å²) < 4.78 is 10.6. The van der Waals surface area contributed by atoms with Crippen LogP contribution in [0.15, 0.2) is 0 Å². The number of hydrogen-bond donors (Lipinski definition) is 4. The van der Waals surface area contributed by atoms with Gasteiger partial charge < -0.3 is 36.1 Å². The van der Waals surface area contributed by atoms with Gasteiger partial charge in [-0.2, -0.15) is 0 Å². The molecule has 3 fully saturated rings. The minimum absolute atomic E-state index is 0.0400. The predicted octanol–water partition coefficient (Wildman–Crippen LogP) is 3.81. The zero-order valence-electron chi connectivity index (χ0n) is 30.0. The number of carbonyl (C=O) groups excluding carboxylic acids is 6. The van der Waals surface area contributed by atoms with E-state index in [4.69, 9.17) is 15.2 Å². The second kappa shape index (κ2) is 16.8. The molecule has 272 valence electrons. The van der Waals surface area contributed by atoms with Crippen LogP contribution in [0.25, 0.3) is 0 Å². The van der Waals surface area contributed by atoms with E-state index in [2.05, 4.69) is 16.0 Å². The van der Waals surface area contributed by atoms with Crippen LogP contribution in [-0.2, 0) is 28.7 Å². The van der Waals surface area contributed by atoms with E-state index in [1.807, 2.05) is 48.5 Å². The van der Waals surface area contributed by atoms with Gasteiger partial charge in [-0.15, -0.1) is 0 Å². The molecule has 0 radical (unpaired) electrons. The first-order valence-corrected chi connectivity index (χ1v) is 17.8. The molecule has 3 aliphatic rings. The van der Waals surface area contributed by atoms with Crippen molar-refractivity contribution in [2.75, 3.05) is 19.8 Å². The minimum atomic E-state index is -1.10. The fourth-order valence-corrected chi connectivity index (χ4v) is 7.05. The van der Waals surface area contributed by atoms with Crippen molar-refractivity contribution in [2.24, 2.45) is 34.8 Å². The number of likely N-dealkylation sites (tertiary alicyclic amines) is 1. The van der Waals surface area contributed by atoms with Gasteiger partial charge in [0.25, 0.3) is 5.91 Å². The van der Waals surface area contributed by atoms with Gasteiger partial charge in [-0.25, -0.2) is 9.59 Å². The molecule has 2 saturated carbocycles. The number of carbonyl (C=O) groups is 6. The Morgan fingerprint density at radius 1 is 0.896 bits per heavy atom. The average molecular weight is 678 g/mol. The zero-order chi connectivity index (χ0) is 35.8. The fraction of sp³-hybridized carbons (Fsp3) is 0.829. The van der Waals surface area contributed by atoms with Gasteiger partial charge in [0.15, 0.2) is 0 Å². The van der Waals surface area contributed by atoms with Crippen LogP contribution in [0.3, 0.4) is 0 Å². The molecule has 0 aromatic carbocycles. The van der Waals surface area contributed by atoms with Crippen LogP contribution < -0.4 is 21.7 Å². The summed E-state index contributed by atoms with van der Waals surface area (Å²) in [5.74, 6) is -2.64. The van der Waals surface area contributed by atoms with Crippen LogP contribution in [0, 0.1) is 29.1 Å². The Morgan fingerprint density at radius 2 is 1.54 bits per heavy atom. The molecule has 1 aliphatic heterocycles. The predicted molar refractivity (Wildman–Crippen MR) is 179 cm³/mol. The fourth-order valence-electron chi connectivity index (χ4n) is 7.05. The smallest absolute Gasteiger partial charge is 0.434 e. The maximum atomic E-state index is 14.4. The Hall–Kier alpha value is -3.38. The first-order valence-electron chi connectivity index (χ1n) is 17.8. The molecule has 5 amide bonds. The number of urea groups is 1. The summed E-state index contributed by atoms with van der Waals surface area (Å²) in [4.78, 5) is 80.3. The van der Waals surface area contributed by atoms with Crippen molar-refractivity contribution in [3.63, 3.8) is 0 Å². The van der Waals surface area contributed by atoms with Crippen LogP contribution in [0.1, 0.15) is 113 Å². The van der Waals surface area contributed by atoms with Crippen LogP contribution >= 0.6 is 0 Å². The highest BCUT2D eigenvalue weighted by Gasteiger charge is 2.48. The van der Waals surface area contributed by atoms with Gasteiger partial charge in [-0.1, -0.05) is 87.0 Å². The summed E-state index contributed by atoms with van der Waals surface area (Å²) in [6.07, 6.45) is 6.84. The lowest BCUT2D eigenvalue weighted by molar-refractivity contribution is -0.144. The molecule has 4 atom stereocenters. The number of amides is 5. The lowest BCUT2D eigenvalue weighted by Crippen LogP contribution is -2.63. The maximum absolute atomic E-state index is 14.4. The van der Waals surface area contributed by atoms with Gasteiger partial charge in [0.05, 0.1) is 18.2 Å². The van der Waals surface area contributed by atoms with Gasteiger partial charge in [0.1, 0.15) is 18.7 Å². The number of ketones is 1. The van der Waals surface area contributed by atoms with Crippen LogP contribution in [0.4, 0.5) is 9.59 Å². The summed E-state index contributed by atoms with van der Waals surface area (Å²) >= 11 is 0. The van der Waals surface area contributed by atoms with E-state index in [1.165, 1.54) is 4.90 Å². The molecule has 48 heavy (non-hydrogen) atoms. The SMILES string of the molecule is CC(C)COC(=O)OCC1(NC(=O)N[C@H](C(=O)N2CCC(C(C)C)[C@H]2C(=O)NC(CC2CCC2)C(=O)C(N)=O)C(C)(C)C)CCCCC1. The number of ether oxygens (including phenoxy) is 2. The number of nitrogens with one attached hydrogen (secondary N) is 3. The van der Waals surface area contributed by atoms with E-state index < -0.39 is 64.8 Å². The molecule has 13 heteroatoms. The Bertz CT molecular complexity index is 1170. The molecule has 0 bridgehead atoms. The van der Waals surface area contributed by atoms with Gasteiger partial charge in [-0.3, -0.25) is 19.2 Å². The van der Waals surface area contributed by atoms with E-state index in [-0.39, 0.29) is 36.9 Å². The van der Waals surface area contributed by atoms with E-state index in [9.17, 15) is 28.8 Å². The Balaban J connectivity index is 1.78. The van der Waals surface area contributed by atoms with Crippen molar-refractivity contribution in [2.45, 2.75) is 136 Å². The van der Waals surface area contributed by atoms with Crippen molar-refractivity contribution >= 4 is 35.7 Å². The number of primary amides is 1. The molecular formula is C35H59N5O8. The van der Waals surface area contributed by atoms with Crippen LogP contribution in [-0.4, -0.2) is 84.0 Å². The number of rotatable bonds is 14. The summed E-state index contributed by atoms with van der Waals surface area (Å²) in [5, 5.41) is 8.71. The molecule has 0 aromatic rings. The molecule has 3 rings (SSSR count). The molecular weight excluding hydrogens is 618 g/mol. The van der Waals surface area contributed by atoms with Crippen molar-refractivity contribution in [1.82, 2.24) is 20.9 Å². The number of Topliss-reactive ketones (excluding diaryl/α,β-unsaturated/α-hetero) is 1. The highest BCUT2D eigenvalue weighted by Crippen LogP contribution is 2.35. The van der Waals surface area contributed by atoms with Crippen LogP contribution in [0.2, 0.25) is 0 Å². The van der Waals surface area contributed by atoms with Crippen molar-refractivity contribution in [3.05, 3.63) is 0 Å². The topological polar surface area (TPSA) is 186 Å². The Labute approximate surface area is 285 Å². The highest BCUT2D eigenvalue weighted by molar-refractivity contribution is 6.37. The minimum Gasteiger partial charge on any atom is -0.434 e. The van der Waals surface area contributed by atoms with E-state index in [1.54, 1.807) is 0 Å². The highest BCUT2D eigenvalue weighted by atomic mass is 16.7. The maximum Gasteiger partial charge on any atom is 0.508 e. The third-order valence-electron chi connectivity index (χ3n) is 10.1. The molecule has 2 unspecified atom stereocenters. The molecule has 0 aromatic heterocycles. The van der Waals surface area contributed by atoms with E-state index in [0.29, 0.717) is 32.2 Å². The third-order valence-corrected chi connectivity index (χ3v) is 10.1. The Kier molecular flexibility index (Phi) is 13.7. The lowest BCUT2D eigenvalue weighted by Gasteiger charge is -2.40. The third kappa shape index (κ3) is 10.6. The molecule has 2 aliphatic carbocycles. The second-order valence-electron chi connectivity index (χ2n) is 16.0. The lowest BCUT2D eigenvalue weighted by atomic mass is 9.80. The molecule has 1 saturated heterocycles. The van der Waals surface area contributed by atoms with Crippen molar-refractivity contribution in [3.8, 4) is 0 Å². The molecule has 13 nitrogen and oxygen atoms in total. The van der Waals surface area contributed by atoms with Gasteiger partial charge in [0, 0.05) is 6.54 Å². The summed E-state index contributed by atoms with van der Waals surface area (Å²) in [6.45, 7) is 13.8. The van der Waals surface area contributed by atoms with E-state index >= 15 is 0 Å². The molecule has 0 spiro atoms. The zero-order valence-corrected chi connectivity index (χ0v) is 30.0. The summed E-state index contributed by atoms with van der Waals surface area (Å²) in [6, 6.07) is -3.52. The first-order chi connectivity index (χ1) is 22.4. The first kappa shape index (κ1) is 39.1. The largest absolute Gasteiger partial charge is 0.508 e. The molecule has 1 heterocycles. The van der Waals surface area contributed by atoms with Crippen molar-refractivity contribution < 1.29 is 38.2 Å². The number of nitrogens with two attached hydrogens (primary N) is 1. The normalized spacial score (nSPS) is 22.3.